The molecule has 2 fully saturated rings. The normalized spacial score (nSPS) is 21.6. The summed E-state index contributed by atoms with van der Waals surface area (Å²) >= 11 is 0. The third-order valence-corrected chi connectivity index (χ3v) is 10.4. The number of carbonyl (C=O) groups is 4. The summed E-state index contributed by atoms with van der Waals surface area (Å²) in [5, 5.41) is 23.1. The molecular formula is C43H56N4O12. The molecule has 0 saturated carbocycles. The van der Waals surface area contributed by atoms with Gasteiger partial charge in [-0.1, -0.05) is 24.3 Å². The quantitative estimate of drug-likeness (QED) is 0.211. The molecule has 4 atom stereocenters. The van der Waals surface area contributed by atoms with E-state index >= 15 is 0 Å². The molecule has 2 saturated heterocycles. The molecule has 0 spiro atoms. The summed E-state index contributed by atoms with van der Waals surface area (Å²) in [4.78, 5) is 60.1. The Kier molecular flexibility index (Phi) is 12.2. The zero-order valence-corrected chi connectivity index (χ0v) is 35.2. The van der Waals surface area contributed by atoms with Crippen LogP contribution in [0.2, 0.25) is 0 Å². The number of hydrogen-bond donors (Lipinski definition) is 2. The van der Waals surface area contributed by atoms with Gasteiger partial charge in [0, 0.05) is 25.2 Å². The zero-order valence-electron chi connectivity index (χ0n) is 35.2. The van der Waals surface area contributed by atoms with Crippen molar-refractivity contribution in [2.45, 2.75) is 109 Å². The summed E-state index contributed by atoms with van der Waals surface area (Å²) in [6, 6.07) is 4.64. The molecule has 2 unspecified atom stereocenters. The fourth-order valence-electron chi connectivity index (χ4n) is 7.74. The Balaban J connectivity index is 1.15. The largest absolute Gasteiger partial charge is 0.493 e. The zero-order chi connectivity index (χ0) is 43.1. The number of aliphatic hydroxyl groups excluding tert-OH is 2. The number of amides is 4. The second kappa shape index (κ2) is 16.6. The summed E-state index contributed by atoms with van der Waals surface area (Å²) in [6.07, 6.45) is -1.97. The van der Waals surface area contributed by atoms with Gasteiger partial charge < -0.3 is 48.4 Å². The Morgan fingerprint density at radius 2 is 1.02 bits per heavy atom. The molecule has 0 aromatic heterocycles. The van der Waals surface area contributed by atoms with Gasteiger partial charge in [-0.05, 0) is 85.8 Å². The molecule has 16 heteroatoms. The Bertz CT molecular complexity index is 1880. The van der Waals surface area contributed by atoms with Crippen molar-refractivity contribution in [3.8, 4) is 23.0 Å². The van der Waals surface area contributed by atoms with Crippen LogP contribution < -0.4 is 28.7 Å². The average Bonchev–Trinajstić information content (AvgIpc) is 3.71. The Morgan fingerprint density at radius 3 is 1.36 bits per heavy atom. The summed E-state index contributed by atoms with van der Waals surface area (Å²) in [7, 11) is 2.91. The maximum atomic E-state index is 13.8. The SMILES string of the molecule is C=C1C[C@H]2C(O)N(C(=O)OC(C)(C)C)c3cc(OCCCCCOc4cc5c(cc4OC)C(=O)N4CC(=C)C[C@H]4C(O)N5C(=O)OC(C)(C)C)c(OC)cc3C(=O)N2C1. The van der Waals surface area contributed by atoms with Crippen molar-refractivity contribution in [2.75, 3.05) is 50.3 Å². The lowest BCUT2D eigenvalue weighted by Crippen LogP contribution is -2.51. The standard InChI is InChI=1S/C43H56N4O12/c1-24-16-30-38(50)46(40(52)58-42(3,4)5)28-20-34(32(54-9)18-26(28)36(48)44(30)22-24)56-14-12-11-13-15-57-35-21-29-27(19-33(35)55-10)37(49)45-23-25(2)17-31(45)39(51)47(29)41(53)59-43(6,7)8/h18-21,30-31,38-39,50-51H,1-2,11-17,22-23H2,3-10H3/t30-,31-,38?,39?/m0/s1. The lowest BCUT2D eigenvalue weighted by atomic mass is 10.1. The summed E-state index contributed by atoms with van der Waals surface area (Å²) in [6.45, 7) is 19.3. The Labute approximate surface area is 344 Å². The van der Waals surface area contributed by atoms with Crippen molar-refractivity contribution in [3.63, 3.8) is 0 Å². The number of unbranched alkanes of at least 4 members (excludes halogenated alkanes) is 2. The van der Waals surface area contributed by atoms with E-state index in [0.29, 0.717) is 32.1 Å². The van der Waals surface area contributed by atoms with Gasteiger partial charge in [-0.2, -0.15) is 0 Å². The second-order valence-electron chi connectivity index (χ2n) is 17.2. The van der Waals surface area contributed by atoms with Crippen molar-refractivity contribution >= 4 is 35.4 Å². The fraction of sp³-hybridized carbons (Fsp3) is 0.535. The third kappa shape index (κ3) is 8.93. The number of fused-ring (bicyclic) bond motifs is 4. The number of nitrogens with zero attached hydrogens (tertiary/aromatic N) is 4. The minimum atomic E-state index is -1.41. The molecule has 6 rings (SSSR count). The molecule has 59 heavy (non-hydrogen) atoms. The van der Waals surface area contributed by atoms with Crippen molar-refractivity contribution in [3.05, 3.63) is 59.7 Å². The van der Waals surface area contributed by atoms with Gasteiger partial charge in [-0.25, -0.2) is 19.4 Å². The highest BCUT2D eigenvalue weighted by molar-refractivity contribution is 6.07. The first kappa shape index (κ1) is 43.1. The second-order valence-corrected chi connectivity index (χ2v) is 17.2. The summed E-state index contributed by atoms with van der Waals surface area (Å²) in [5.74, 6) is 0.343. The average molecular weight is 821 g/mol. The van der Waals surface area contributed by atoms with E-state index in [1.165, 1.54) is 48.3 Å². The lowest BCUT2D eigenvalue weighted by molar-refractivity contribution is 0.0307. The first-order valence-corrected chi connectivity index (χ1v) is 19.8. The van der Waals surface area contributed by atoms with E-state index in [4.69, 9.17) is 28.4 Å². The molecule has 320 valence electrons. The molecule has 2 aromatic carbocycles. The molecule has 2 aromatic rings. The number of hydrogen-bond acceptors (Lipinski definition) is 12. The number of ether oxygens (including phenoxy) is 6. The highest BCUT2D eigenvalue weighted by Crippen LogP contribution is 2.44. The minimum absolute atomic E-state index is 0.140. The van der Waals surface area contributed by atoms with E-state index in [0.717, 1.165) is 20.9 Å². The van der Waals surface area contributed by atoms with Gasteiger partial charge in [0.05, 0.1) is 62.0 Å². The van der Waals surface area contributed by atoms with Crippen LogP contribution in [0.3, 0.4) is 0 Å². The van der Waals surface area contributed by atoms with E-state index in [-0.39, 0.29) is 83.6 Å². The van der Waals surface area contributed by atoms with Crippen LogP contribution >= 0.6 is 0 Å². The topological polar surface area (TPSA) is 177 Å². The number of benzene rings is 2. The number of carbonyl (C=O) groups excluding carboxylic acids is 4. The lowest BCUT2D eigenvalue weighted by Gasteiger charge is -2.33. The van der Waals surface area contributed by atoms with E-state index < -0.39 is 47.9 Å². The van der Waals surface area contributed by atoms with Crippen molar-refractivity contribution < 1.29 is 57.8 Å². The van der Waals surface area contributed by atoms with Crippen LogP contribution in [0.15, 0.2) is 48.6 Å². The van der Waals surface area contributed by atoms with E-state index in [9.17, 15) is 29.4 Å². The van der Waals surface area contributed by atoms with Crippen molar-refractivity contribution in [2.24, 2.45) is 0 Å². The van der Waals surface area contributed by atoms with Crippen molar-refractivity contribution in [1.82, 2.24) is 9.80 Å². The number of anilines is 2. The minimum Gasteiger partial charge on any atom is -0.493 e. The first-order chi connectivity index (χ1) is 27.7. The first-order valence-electron chi connectivity index (χ1n) is 19.8. The van der Waals surface area contributed by atoms with Gasteiger partial charge in [0.2, 0.25) is 0 Å². The molecule has 16 nitrogen and oxygen atoms in total. The van der Waals surface area contributed by atoms with E-state index in [1.54, 1.807) is 41.5 Å². The smallest absolute Gasteiger partial charge is 0.417 e. The van der Waals surface area contributed by atoms with Crippen LogP contribution in [0, 0.1) is 0 Å². The molecule has 0 radical (unpaired) electrons. The van der Waals surface area contributed by atoms with Gasteiger partial charge in [0.15, 0.2) is 35.5 Å². The van der Waals surface area contributed by atoms with Gasteiger partial charge >= 0.3 is 12.2 Å². The highest BCUT2D eigenvalue weighted by Gasteiger charge is 2.48. The van der Waals surface area contributed by atoms with Gasteiger partial charge in [-0.15, -0.1) is 0 Å². The van der Waals surface area contributed by atoms with Gasteiger partial charge in [-0.3, -0.25) is 9.59 Å². The number of methoxy groups -OCH3 is 2. The van der Waals surface area contributed by atoms with E-state index in [1.807, 2.05) is 0 Å². The number of aliphatic hydroxyl groups is 2. The van der Waals surface area contributed by atoms with Crippen LogP contribution in [-0.2, 0) is 9.47 Å². The predicted octanol–water partition coefficient (Wildman–Crippen LogP) is 6.02. The maximum Gasteiger partial charge on any atom is 0.417 e. The van der Waals surface area contributed by atoms with Crippen LogP contribution in [0.25, 0.3) is 0 Å². The fourth-order valence-corrected chi connectivity index (χ4v) is 7.74. The van der Waals surface area contributed by atoms with Crippen LogP contribution in [-0.4, -0.2) is 120 Å². The predicted molar refractivity (Wildman–Crippen MR) is 217 cm³/mol. The summed E-state index contributed by atoms with van der Waals surface area (Å²) < 4.78 is 34.9. The highest BCUT2D eigenvalue weighted by atomic mass is 16.6. The molecule has 2 N–H and O–H groups in total. The van der Waals surface area contributed by atoms with Crippen LogP contribution in [0.5, 0.6) is 23.0 Å². The van der Waals surface area contributed by atoms with Crippen molar-refractivity contribution in [1.29, 1.82) is 0 Å². The van der Waals surface area contributed by atoms with Gasteiger partial charge in [0.1, 0.15) is 11.2 Å². The molecule has 4 aliphatic heterocycles. The Morgan fingerprint density at radius 1 is 0.644 bits per heavy atom. The van der Waals surface area contributed by atoms with Crippen LogP contribution in [0.1, 0.15) is 94.4 Å². The van der Waals surface area contributed by atoms with E-state index in [2.05, 4.69) is 13.2 Å². The Hall–Kier alpha value is -5.48. The molecule has 0 aliphatic carbocycles. The maximum absolute atomic E-state index is 13.8. The molecule has 4 amide bonds. The third-order valence-electron chi connectivity index (χ3n) is 10.4. The molecule has 0 bridgehead atoms. The van der Waals surface area contributed by atoms with Crippen LogP contribution in [0.4, 0.5) is 21.0 Å². The van der Waals surface area contributed by atoms with Gasteiger partial charge in [0.25, 0.3) is 11.8 Å². The monoisotopic (exact) mass is 820 g/mol. The summed E-state index contributed by atoms with van der Waals surface area (Å²) in [5.41, 5.74) is 0.365. The molecule has 4 aliphatic rings. The molecular weight excluding hydrogens is 764 g/mol. The number of rotatable bonds is 10. The molecule has 4 heterocycles.